The van der Waals surface area contributed by atoms with E-state index in [2.05, 4.69) is 0 Å². The zero-order valence-corrected chi connectivity index (χ0v) is 21.3. The normalized spacial score (nSPS) is 11.0. The number of hydrogen-bond acceptors (Lipinski definition) is 15. The van der Waals surface area contributed by atoms with Crippen molar-refractivity contribution in [3.63, 3.8) is 0 Å². The van der Waals surface area contributed by atoms with Crippen LogP contribution in [0.15, 0.2) is 0 Å². The fourth-order valence-electron chi connectivity index (χ4n) is 0. The largest absolute Gasteiger partial charge is 3.00 e. The SMILES string of the molecule is O=P(O)(O)O.O=P(O)(O)O.O=P(O)(O)O.O=S(=O)([O-])[O-].O=S(=O)([O-])[O-].O=S(=O)([O-])[O-].[Al+3].[Al+3]. The third-order valence-corrected chi connectivity index (χ3v) is 0. The molecule has 32 heavy (non-hydrogen) atoms. The monoisotopic (exact) mass is 636 g/mol. The van der Waals surface area contributed by atoms with E-state index in [1.54, 1.807) is 0 Å². The second-order valence-electron chi connectivity index (χ2n) is 2.76. The Bertz CT molecular complexity index is 691. The summed E-state index contributed by atoms with van der Waals surface area (Å²) in [6.07, 6.45) is 0. The molecule has 0 saturated heterocycles. The first kappa shape index (κ1) is 54.1. The van der Waals surface area contributed by atoms with Gasteiger partial charge in [-0.15, -0.1) is 0 Å². The maximum Gasteiger partial charge on any atom is 3.00 e. The molecule has 0 rings (SSSR count). The van der Waals surface area contributed by atoms with E-state index in [1.165, 1.54) is 0 Å². The van der Waals surface area contributed by atoms with Crippen LogP contribution in [-0.4, -0.2) is 131 Å². The van der Waals surface area contributed by atoms with Gasteiger partial charge >= 0.3 is 58.2 Å². The molecule has 0 bridgehead atoms. The molecule has 0 aromatic heterocycles. The fraction of sp³-hybridized carbons (Fsp3) is 0. The molecule has 0 aliphatic heterocycles. The van der Waals surface area contributed by atoms with Crippen molar-refractivity contribution in [2.24, 2.45) is 0 Å². The summed E-state index contributed by atoms with van der Waals surface area (Å²) >= 11 is 0. The molecule has 32 heteroatoms. The molecule has 0 aromatic carbocycles. The molecule has 0 unspecified atom stereocenters. The van der Waals surface area contributed by atoms with E-state index in [0.717, 1.165) is 0 Å². The zero-order chi connectivity index (χ0) is 27.0. The first-order valence-electron chi connectivity index (χ1n) is 4.35. The van der Waals surface area contributed by atoms with Gasteiger partial charge in [-0.1, -0.05) is 0 Å². The topological polar surface area (TPSA) is 474 Å². The Labute approximate surface area is 199 Å². The van der Waals surface area contributed by atoms with Crippen molar-refractivity contribution >= 4 is 89.4 Å². The van der Waals surface area contributed by atoms with Gasteiger partial charge in [0.1, 0.15) is 0 Å². The Kier molecular flexibility index (Phi) is 38.0. The number of phosphoric acid groups is 3. The molecule has 0 amide bonds. The number of hydrogen-bond donors (Lipinski definition) is 9. The molecule has 0 atom stereocenters. The van der Waals surface area contributed by atoms with Crippen molar-refractivity contribution in [1.29, 1.82) is 0 Å². The number of rotatable bonds is 0. The average Bonchev–Trinajstić information content (AvgIpc) is 1.94. The van der Waals surface area contributed by atoms with Crippen molar-refractivity contribution in [3.05, 3.63) is 0 Å². The van der Waals surface area contributed by atoms with Gasteiger partial charge < -0.3 is 71.4 Å². The molecule has 0 fully saturated rings. The first-order valence-corrected chi connectivity index (χ1v) is 13.0. The van der Waals surface area contributed by atoms with Crippen LogP contribution in [0.3, 0.4) is 0 Å². The van der Waals surface area contributed by atoms with E-state index < -0.39 is 54.7 Å². The van der Waals surface area contributed by atoms with E-state index in [4.69, 9.17) is 110 Å². The summed E-state index contributed by atoms with van der Waals surface area (Å²) < 4.78 is 129. The van der Waals surface area contributed by atoms with Gasteiger partial charge in [0.25, 0.3) is 0 Å². The second-order valence-corrected chi connectivity index (χ2v) is 8.29. The molecule has 0 saturated carbocycles. The van der Waals surface area contributed by atoms with Gasteiger partial charge in [-0.25, -0.2) is 13.7 Å². The predicted molar refractivity (Wildman–Crippen MR) is 85.7 cm³/mol. The summed E-state index contributed by atoms with van der Waals surface area (Å²) in [6, 6.07) is 0. The van der Waals surface area contributed by atoms with Crippen molar-refractivity contribution in [3.8, 4) is 0 Å². The van der Waals surface area contributed by atoms with E-state index in [9.17, 15) is 0 Å². The standard InChI is InChI=1S/2Al.3H3O4P.3H2O4S/c;;6*1-5(2,3)4/h;;3*(H3,1,2,3,4);3*(H2,1,2,3,4)/q2*+3;;;;;;/p-6. The van der Waals surface area contributed by atoms with Crippen molar-refractivity contribution in [1.82, 2.24) is 0 Å². The molecule has 0 heterocycles. The molecule has 24 nitrogen and oxygen atoms in total. The van der Waals surface area contributed by atoms with Crippen LogP contribution >= 0.6 is 23.5 Å². The minimum atomic E-state index is -5.17. The molecule has 0 spiro atoms. The van der Waals surface area contributed by atoms with Crippen molar-refractivity contribution in [2.45, 2.75) is 0 Å². The Morgan fingerprint density at radius 1 is 0.375 bits per heavy atom. The van der Waals surface area contributed by atoms with Crippen LogP contribution < -0.4 is 0 Å². The summed E-state index contributed by atoms with van der Waals surface area (Å²) in [5.41, 5.74) is 0. The van der Waals surface area contributed by atoms with Crippen LogP contribution in [0.25, 0.3) is 0 Å². The van der Waals surface area contributed by atoms with Gasteiger partial charge in [0, 0.05) is 31.2 Å². The molecular formula is H9Al2O24P3S3. The van der Waals surface area contributed by atoms with Crippen LogP contribution in [-0.2, 0) is 44.9 Å². The molecule has 0 aliphatic rings. The van der Waals surface area contributed by atoms with Gasteiger partial charge in [0.2, 0.25) is 0 Å². The zero-order valence-electron chi connectivity index (χ0n) is 13.9. The van der Waals surface area contributed by atoms with Crippen LogP contribution in [0.2, 0.25) is 0 Å². The van der Waals surface area contributed by atoms with Crippen molar-refractivity contribution < 1.29 is 110 Å². The van der Waals surface area contributed by atoms with Crippen LogP contribution in [0.4, 0.5) is 0 Å². The van der Waals surface area contributed by atoms with E-state index in [-0.39, 0.29) is 34.7 Å². The van der Waals surface area contributed by atoms with Gasteiger partial charge in [0.05, 0.1) is 0 Å². The maximum absolute atomic E-state index is 8.88. The maximum atomic E-state index is 8.88. The van der Waals surface area contributed by atoms with Gasteiger partial charge in [-0.05, 0) is 0 Å². The van der Waals surface area contributed by atoms with E-state index >= 15 is 0 Å². The quantitative estimate of drug-likeness (QED) is 0.0516. The Morgan fingerprint density at radius 3 is 0.375 bits per heavy atom. The second kappa shape index (κ2) is 22.5. The molecular weight excluding hydrogens is 627 g/mol. The fourth-order valence-corrected chi connectivity index (χ4v) is 0. The summed E-state index contributed by atoms with van der Waals surface area (Å²) in [5, 5.41) is 0. The molecule has 0 radical (unpaired) electrons. The van der Waals surface area contributed by atoms with Crippen LogP contribution in [0, 0.1) is 0 Å². The Morgan fingerprint density at radius 2 is 0.375 bits per heavy atom. The minimum Gasteiger partial charge on any atom is -0.759 e. The molecule has 0 aromatic rings. The summed E-state index contributed by atoms with van der Waals surface area (Å²) in [5.74, 6) is 0. The molecule has 192 valence electrons. The summed E-state index contributed by atoms with van der Waals surface area (Å²) in [4.78, 5) is 64.7. The van der Waals surface area contributed by atoms with Gasteiger partial charge in [-0.3, -0.25) is 25.3 Å². The summed E-state index contributed by atoms with van der Waals surface area (Å²) in [6.45, 7) is 0. The van der Waals surface area contributed by atoms with E-state index in [0.29, 0.717) is 0 Å². The molecule has 0 aliphatic carbocycles. The smallest absolute Gasteiger partial charge is 0.759 e. The molecule has 9 N–H and O–H groups in total. The van der Waals surface area contributed by atoms with Crippen LogP contribution in [0.5, 0.6) is 0 Å². The van der Waals surface area contributed by atoms with Gasteiger partial charge in [-0.2, -0.15) is 0 Å². The third kappa shape index (κ3) is 27600. The minimum absolute atomic E-state index is 0. The van der Waals surface area contributed by atoms with Crippen LogP contribution in [0.1, 0.15) is 0 Å². The summed E-state index contributed by atoms with van der Waals surface area (Å²) in [7, 11) is -29.4. The van der Waals surface area contributed by atoms with Crippen molar-refractivity contribution in [2.75, 3.05) is 0 Å². The third-order valence-electron chi connectivity index (χ3n) is 0. The predicted octanol–water partition coefficient (Wildman–Crippen LogP) is -7.56. The average molecular weight is 636 g/mol. The Balaban J connectivity index is -0.0000000356. The van der Waals surface area contributed by atoms with Gasteiger partial charge in [0.15, 0.2) is 0 Å². The Hall–Kier alpha value is 1.00. The van der Waals surface area contributed by atoms with E-state index in [1.807, 2.05) is 0 Å². The first-order chi connectivity index (χ1) is 12.0.